The fourth-order valence-electron chi connectivity index (χ4n) is 6.80. The van der Waals surface area contributed by atoms with E-state index in [0.29, 0.717) is 25.3 Å². The van der Waals surface area contributed by atoms with Gasteiger partial charge in [0.25, 0.3) is 0 Å². The minimum absolute atomic E-state index is 0.0314. The average Bonchev–Trinajstić information content (AvgIpc) is 3.48. The van der Waals surface area contributed by atoms with Gasteiger partial charge in [-0.15, -0.1) is 0 Å². The van der Waals surface area contributed by atoms with Crippen LogP contribution in [0.25, 0.3) is 0 Å². The van der Waals surface area contributed by atoms with Crippen LogP contribution in [0.4, 0.5) is 0 Å². The van der Waals surface area contributed by atoms with Gasteiger partial charge in [0.2, 0.25) is 10.0 Å². The van der Waals surface area contributed by atoms with Crippen molar-refractivity contribution in [1.29, 1.82) is 0 Å². The van der Waals surface area contributed by atoms with E-state index < -0.39 is 28.0 Å². The van der Waals surface area contributed by atoms with Crippen LogP contribution < -0.4 is 5.73 Å². The number of nitrogens with two attached hydrogens (primary N) is 1. The van der Waals surface area contributed by atoms with Crippen molar-refractivity contribution in [2.45, 2.75) is 37.8 Å². The Morgan fingerprint density at radius 2 is 1.98 bits per heavy atom. The summed E-state index contributed by atoms with van der Waals surface area (Å²) in [4.78, 5) is 15.5. The zero-order valence-corrected chi connectivity index (χ0v) is 25.0. The second-order valence-corrected chi connectivity index (χ2v) is 14.0. The van der Waals surface area contributed by atoms with Crippen LogP contribution in [0.15, 0.2) is 66.2 Å². The number of hydrogen-bond donors (Lipinski definition) is 2. The average molecular weight is 602 g/mol. The SMILES string of the molecule is C=C/C(N)=C\C=C\S(=O)(=O)N(CC1CN(C)C1)C[C@@H](O)[C@@H](CC(=O)OC1C2COC3OCC1C3C2)Cc1ccccc1. The number of sulfonamides is 1. The van der Waals surface area contributed by atoms with Gasteiger partial charge in [-0.1, -0.05) is 36.9 Å². The van der Waals surface area contributed by atoms with Gasteiger partial charge in [0.15, 0.2) is 6.29 Å². The zero-order valence-electron chi connectivity index (χ0n) is 24.2. The van der Waals surface area contributed by atoms with E-state index in [2.05, 4.69) is 11.5 Å². The summed E-state index contributed by atoms with van der Waals surface area (Å²) >= 11 is 0. The van der Waals surface area contributed by atoms with E-state index in [9.17, 15) is 18.3 Å². The minimum Gasteiger partial charge on any atom is -0.462 e. The molecule has 0 radical (unpaired) electrons. The second-order valence-electron chi connectivity index (χ2n) is 12.2. The van der Waals surface area contributed by atoms with Gasteiger partial charge in [0, 0.05) is 61.0 Å². The van der Waals surface area contributed by atoms with Crippen molar-refractivity contribution in [3.8, 4) is 0 Å². The summed E-state index contributed by atoms with van der Waals surface area (Å²) in [6.45, 7) is 6.28. The molecule has 4 aliphatic rings. The van der Waals surface area contributed by atoms with Gasteiger partial charge in [-0.05, 0) is 49.6 Å². The maximum Gasteiger partial charge on any atom is 0.306 e. The molecule has 0 spiro atoms. The summed E-state index contributed by atoms with van der Waals surface area (Å²) in [5.74, 6) is -0.262. The van der Waals surface area contributed by atoms with Gasteiger partial charge in [0.1, 0.15) is 6.10 Å². The lowest BCUT2D eigenvalue weighted by Crippen LogP contribution is -2.51. The first-order valence-corrected chi connectivity index (χ1v) is 16.2. The number of ether oxygens (including phenoxy) is 3. The number of carbonyl (C=O) groups is 1. The van der Waals surface area contributed by atoms with E-state index in [1.165, 1.54) is 22.5 Å². The summed E-state index contributed by atoms with van der Waals surface area (Å²) in [5, 5.41) is 12.6. The maximum absolute atomic E-state index is 13.4. The molecule has 1 aliphatic carbocycles. The molecule has 4 fully saturated rings. The second kappa shape index (κ2) is 13.4. The molecule has 1 saturated carbocycles. The zero-order chi connectivity index (χ0) is 29.9. The van der Waals surface area contributed by atoms with Crippen molar-refractivity contribution in [1.82, 2.24) is 9.21 Å². The van der Waals surface area contributed by atoms with Crippen LogP contribution in [0.3, 0.4) is 0 Å². The van der Waals surface area contributed by atoms with Crippen LogP contribution >= 0.6 is 0 Å². The van der Waals surface area contributed by atoms with E-state index in [0.717, 1.165) is 30.5 Å². The summed E-state index contributed by atoms with van der Waals surface area (Å²) in [5.41, 5.74) is 7.02. The number of carbonyl (C=O) groups excluding carboxylic acids is 1. The number of aliphatic hydroxyl groups is 1. The molecule has 5 unspecified atom stereocenters. The number of likely N-dealkylation sites (tertiary alicyclic amines) is 1. The van der Waals surface area contributed by atoms with E-state index in [4.69, 9.17) is 19.9 Å². The molecule has 0 aromatic heterocycles. The first-order valence-electron chi connectivity index (χ1n) is 14.7. The Morgan fingerprint density at radius 3 is 2.69 bits per heavy atom. The number of nitrogens with zero attached hydrogens (tertiary/aromatic N) is 2. The molecule has 2 bridgehead atoms. The lowest BCUT2D eigenvalue weighted by Gasteiger charge is -2.39. The van der Waals surface area contributed by atoms with Gasteiger partial charge in [-0.25, -0.2) is 8.42 Å². The molecular formula is C31H43N3O7S. The maximum atomic E-state index is 13.4. The van der Waals surface area contributed by atoms with Crippen molar-refractivity contribution in [3.63, 3.8) is 0 Å². The van der Waals surface area contributed by atoms with Gasteiger partial charge in [-0.2, -0.15) is 4.31 Å². The Kier molecular flexibility index (Phi) is 9.86. The monoisotopic (exact) mass is 601 g/mol. The molecule has 1 aromatic rings. The van der Waals surface area contributed by atoms with E-state index in [1.807, 2.05) is 37.4 Å². The number of allylic oxidation sites excluding steroid dienone is 3. The molecule has 1 aromatic carbocycles. The summed E-state index contributed by atoms with van der Waals surface area (Å²) < 4.78 is 45.7. The highest BCUT2D eigenvalue weighted by Gasteiger charge is 2.56. The van der Waals surface area contributed by atoms with Crippen LogP contribution in [-0.4, -0.2) is 93.6 Å². The van der Waals surface area contributed by atoms with Crippen LogP contribution in [0.1, 0.15) is 18.4 Å². The topological polar surface area (TPSA) is 132 Å². The Hall–Kier alpha value is -2.54. The van der Waals surface area contributed by atoms with Gasteiger partial charge in [-0.3, -0.25) is 4.79 Å². The molecule has 10 nitrogen and oxygen atoms in total. The minimum atomic E-state index is -3.88. The van der Waals surface area contributed by atoms with Crippen molar-refractivity contribution in [2.75, 3.05) is 46.4 Å². The predicted octanol–water partition coefficient (Wildman–Crippen LogP) is 1.88. The fourth-order valence-corrected chi connectivity index (χ4v) is 8.03. The first-order chi connectivity index (χ1) is 20.1. The molecule has 230 valence electrons. The smallest absolute Gasteiger partial charge is 0.306 e. The number of aliphatic hydroxyl groups excluding tert-OH is 1. The Balaban J connectivity index is 1.30. The van der Waals surface area contributed by atoms with Gasteiger partial charge in [0.05, 0.1) is 25.7 Å². The highest BCUT2D eigenvalue weighted by atomic mass is 32.2. The number of esters is 1. The summed E-state index contributed by atoms with van der Waals surface area (Å²) in [6.07, 6.45) is 3.99. The molecule has 3 saturated heterocycles. The van der Waals surface area contributed by atoms with Crippen molar-refractivity contribution >= 4 is 16.0 Å². The largest absolute Gasteiger partial charge is 0.462 e. The normalized spacial score (nSPS) is 29.5. The van der Waals surface area contributed by atoms with Crippen molar-refractivity contribution in [2.24, 2.45) is 35.3 Å². The molecule has 0 amide bonds. The number of hydrogen-bond acceptors (Lipinski definition) is 9. The quantitative estimate of drug-likeness (QED) is 0.242. The molecule has 5 rings (SSSR count). The summed E-state index contributed by atoms with van der Waals surface area (Å²) in [7, 11) is -1.90. The van der Waals surface area contributed by atoms with Gasteiger partial charge >= 0.3 is 5.97 Å². The highest BCUT2D eigenvalue weighted by Crippen LogP contribution is 2.49. The van der Waals surface area contributed by atoms with Crippen LogP contribution in [0, 0.1) is 29.6 Å². The van der Waals surface area contributed by atoms with E-state index >= 15 is 0 Å². The molecule has 7 atom stereocenters. The molecule has 3 N–H and O–H groups in total. The standard InChI is InChI=1S/C31H43N3O7S/c1-3-25(32)10-7-11-42(37,38)34(17-22-15-33(2)16-22)18-28(35)23(12-21-8-5-4-6-9-21)14-29(36)41-30-24-13-26-27(30)20-40-31(26)39-19-24/h3-11,22-24,26-28,30-31,35H,1,12-20,32H2,2H3/b11-7+,25-10+/t23-,24?,26?,27?,28-,30?,31?/m1/s1. The van der Waals surface area contributed by atoms with Crippen LogP contribution in [0.5, 0.6) is 0 Å². The van der Waals surface area contributed by atoms with Crippen LogP contribution in [-0.2, 0) is 35.4 Å². The van der Waals surface area contributed by atoms with E-state index in [-0.39, 0.29) is 55.6 Å². The molecule has 11 heteroatoms. The molecule has 3 heterocycles. The Morgan fingerprint density at radius 1 is 1.24 bits per heavy atom. The van der Waals surface area contributed by atoms with Gasteiger partial charge < -0.3 is 30.0 Å². The Labute approximate surface area is 248 Å². The molecule has 3 aliphatic heterocycles. The third-order valence-corrected chi connectivity index (χ3v) is 10.5. The number of benzene rings is 1. The van der Waals surface area contributed by atoms with E-state index in [1.54, 1.807) is 0 Å². The van der Waals surface area contributed by atoms with Crippen molar-refractivity contribution < 1.29 is 32.5 Å². The highest BCUT2D eigenvalue weighted by molar-refractivity contribution is 7.92. The fraction of sp³-hybridized carbons (Fsp3) is 0.581. The number of fused-ring (bicyclic) bond motifs is 1. The third kappa shape index (κ3) is 7.32. The van der Waals surface area contributed by atoms with Crippen LogP contribution in [0.2, 0.25) is 0 Å². The lowest BCUT2D eigenvalue weighted by molar-refractivity contribution is -0.178. The lowest BCUT2D eigenvalue weighted by atomic mass is 9.90. The first kappa shape index (κ1) is 30.9. The predicted molar refractivity (Wildman–Crippen MR) is 158 cm³/mol. The summed E-state index contributed by atoms with van der Waals surface area (Å²) in [6, 6.07) is 9.60. The Bertz CT molecular complexity index is 1260. The third-order valence-electron chi connectivity index (χ3n) is 9.00. The number of rotatable bonds is 14. The molecular weight excluding hydrogens is 558 g/mol. The molecule has 42 heavy (non-hydrogen) atoms. The van der Waals surface area contributed by atoms with Crippen molar-refractivity contribution in [3.05, 3.63) is 71.8 Å².